The van der Waals surface area contributed by atoms with E-state index in [1.807, 2.05) is 0 Å². The molecule has 7 nitrogen and oxygen atoms in total. The summed E-state index contributed by atoms with van der Waals surface area (Å²) in [6.45, 7) is 0.670. The fraction of sp³-hybridized carbons (Fsp3) is 0.259. The Bertz CT molecular complexity index is 1340. The zero-order valence-electron chi connectivity index (χ0n) is 19.9. The SMILES string of the molecule is O=C(NCc1ccc(F)cc1)C(NS(=O)(=O)c1ccccc1)C1CCN(C(=O)c2cccc(F)c2)CC1. The molecule has 1 aliphatic rings. The molecule has 1 fully saturated rings. The molecule has 4 rings (SSSR count). The molecule has 0 bridgehead atoms. The van der Waals surface area contributed by atoms with E-state index >= 15 is 0 Å². The van der Waals surface area contributed by atoms with Gasteiger partial charge in [0.25, 0.3) is 5.91 Å². The number of carbonyl (C=O) groups excluding carboxylic acids is 2. The van der Waals surface area contributed by atoms with E-state index < -0.39 is 33.6 Å². The molecule has 0 radical (unpaired) electrons. The van der Waals surface area contributed by atoms with Crippen LogP contribution < -0.4 is 10.0 Å². The molecule has 10 heteroatoms. The largest absolute Gasteiger partial charge is 0.351 e. The third-order valence-electron chi connectivity index (χ3n) is 6.37. The van der Waals surface area contributed by atoms with Crippen LogP contribution in [-0.4, -0.2) is 44.3 Å². The molecule has 1 saturated heterocycles. The number of carbonyl (C=O) groups is 2. The predicted octanol–water partition coefficient (Wildman–Crippen LogP) is 3.48. The number of likely N-dealkylation sites (tertiary alicyclic amines) is 1. The minimum Gasteiger partial charge on any atom is -0.351 e. The lowest BCUT2D eigenvalue weighted by atomic mass is 9.89. The number of rotatable bonds is 8. The topological polar surface area (TPSA) is 95.6 Å². The Hall–Kier alpha value is -3.63. The van der Waals surface area contributed by atoms with Crippen molar-refractivity contribution in [1.29, 1.82) is 0 Å². The van der Waals surface area contributed by atoms with Crippen LogP contribution in [0.5, 0.6) is 0 Å². The first kappa shape index (κ1) is 26.4. The van der Waals surface area contributed by atoms with E-state index in [2.05, 4.69) is 10.0 Å². The van der Waals surface area contributed by atoms with Crippen molar-refractivity contribution in [2.45, 2.75) is 30.3 Å². The molecule has 37 heavy (non-hydrogen) atoms. The molecule has 0 saturated carbocycles. The predicted molar refractivity (Wildman–Crippen MR) is 134 cm³/mol. The van der Waals surface area contributed by atoms with Crippen molar-refractivity contribution in [2.75, 3.05) is 13.1 Å². The van der Waals surface area contributed by atoms with Gasteiger partial charge in [-0.15, -0.1) is 0 Å². The fourth-order valence-electron chi connectivity index (χ4n) is 4.34. The molecule has 3 aromatic carbocycles. The molecule has 2 N–H and O–H groups in total. The number of hydrogen-bond donors (Lipinski definition) is 2. The second kappa shape index (κ2) is 11.6. The van der Waals surface area contributed by atoms with Crippen molar-refractivity contribution in [3.05, 3.63) is 102 Å². The summed E-state index contributed by atoms with van der Waals surface area (Å²) >= 11 is 0. The van der Waals surface area contributed by atoms with Gasteiger partial charge in [-0.3, -0.25) is 9.59 Å². The summed E-state index contributed by atoms with van der Waals surface area (Å²) in [4.78, 5) is 27.6. The summed E-state index contributed by atoms with van der Waals surface area (Å²) in [7, 11) is -4.00. The van der Waals surface area contributed by atoms with Gasteiger partial charge in [-0.1, -0.05) is 36.4 Å². The fourth-order valence-corrected chi connectivity index (χ4v) is 5.63. The van der Waals surface area contributed by atoms with Crippen LogP contribution in [0.4, 0.5) is 8.78 Å². The molecule has 1 atom stereocenters. The third-order valence-corrected chi connectivity index (χ3v) is 7.82. The molecular formula is C27H27F2N3O4S. The Morgan fingerprint density at radius 3 is 2.22 bits per heavy atom. The number of sulfonamides is 1. The van der Waals surface area contributed by atoms with Crippen molar-refractivity contribution in [3.8, 4) is 0 Å². The van der Waals surface area contributed by atoms with Crippen molar-refractivity contribution >= 4 is 21.8 Å². The highest BCUT2D eigenvalue weighted by Crippen LogP contribution is 2.24. The number of amides is 2. The smallest absolute Gasteiger partial charge is 0.253 e. The van der Waals surface area contributed by atoms with Gasteiger partial charge in [0.15, 0.2) is 0 Å². The second-order valence-corrected chi connectivity index (χ2v) is 10.6. The van der Waals surface area contributed by atoms with Crippen LogP contribution in [0.2, 0.25) is 0 Å². The van der Waals surface area contributed by atoms with Gasteiger partial charge in [-0.25, -0.2) is 17.2 Å². The van der Waals surface area contributed by atoms with E-state index in [0.717, 1.165) is 0 Å². The molecule has 0 aromatic heterocycles. The summed E-state index contributed by atoms with van der Waals surface area (Å²) in [6, 6.07) is 17.7. The van der Waals surface area contributed by atoms with E-state index in [1.54, 1.807) is 23.1 Å². The zero-order valence-corrected chi connectivity index (χ0v) is 20.8. The highest BCUT2D eigenvalue weighted by atomic mass is 32.2. The van der Waals surface area contributed by atoms with Gasteiger partial charge in [0, 0.05) is 25.2 Å². The van der Waals surface area contributed by atoms with Gasteiger partial charge in [0.05, 0.1) is 4.90 Å². The molecule has 1 heterocycles. The molecule has 0 aliphatic carbocycles. The lowest BCUT2D eigenvalue weighted by Gasteiger charge is -2.35. The van der Waals surface area contributed by atoms with E-state index in [1.165, 1.54) is 60.7 Å². The summed E-state index contributed by atoms with van der Waals surface area (Å²) < 4.78 is 55.4. The first-order valence-corrected chi connectivity index (χ1v) is 13.4. The molecule has 2 amide bonds. The number of nitrogens with one attached hydrogen (secondary N) is 2. The lowest BCUT2D eigenvalue weighted by Crippen LogP contribution is -2.53. The Kier molecular flexibility index (Phi) is 8.30. The highest BCUT2D eigenvalue weighted by molar-refractivity contribution is 7.89. The lowest BCUT2D eigenvalue weighted by molar-refractivity contribution is -0.124. The minimum atomic E-state index is -4.00. The highest BCUT2D eigenvalue weighted by Gasteiger charge is 2.36. The van der Waals surface area contributed by atoms with E-state index in [-0.39, 0.29) is 41.9 Å². The van der Waals surface area contributed by atoms with Crippen molar-refractivity contribution in [1.82, 2.24) is 14.9 Å². The quantitative estimate of drug-likeness (QED) is 0.469. The first-order chi connectivity index (χ1) is 17.7. The molecular weight excluding hydrogens is 500 g/mol. The Labute approximate surface area is 214 Å². The van der Waals surface area contributed by atoms with Crippen molar-refractivity contribution < 1.29 is 26.8 Å². The van der Waals surface area contributed by atoms with Crippen LogP contribution in [0, 0.1) is 17.6 Å². The molecule has 194 valence electrons. The number of piperidine rings is 1. The van der Waals surface area contributed by atoms with Crippen molar-refractivity contribution in [2.24, 2.45) is 5.92 Å². The Morgan fingerprint density at radius 2 is 1.57 bits per heavy atom. The second-order valence-electron chi connectivity index (χ2n) is 8.90. The average molecular weight is 528 g/mol. The van der Waals surface area contributed by atoms with E-state index in [4.69, 9.17) is 0 Å². The monoisotopic (exact) mass is 527 g/mol. The van der Waals surface area contributed by atoms with Gasteiger partial charge in [-0.05, 0) is 66.8 Å². The van der Waals surface area contributed by atoms with Gasteiger partial charge in [0.1, 0.15) is 17.7 Å². The van der Waals surface area contributed by atoms with Gasteiger partial charge in [-0.2, -0.15) is 4.72 Å². The van der Waals surface area contributed by atoms with Crippen LogP contribution in [0.25, 0.3) is 0 Å². The van der Waals surface area contributed by atoms with Crippen LogP contribution in [-0.2, 0) is 21.4 Å². The molecule has 1 unspecified atom stereocenters. The molecule has 0 spiro atoms. The first-order valence-electron chi connectivity index (χ1n) is 11.9. The maximum absolute atomic E-state index is 13.6. The average Bonchev–Trinajstić information content (AvgIpc) is 2.91. The number of benzene rings is 3. The van der Waals surface area contributed by atoms with Crippen LogP contribution >= 0.6 is 0 Å². The summed E-state index contributed by atoms with van der Waals surface area (Å²) in [6.07, 6.45) is 0.736. The Balaban J connectivity index is 1.48. The van der Waals surface area contributed by atoms with E-state index in [9.17, 15) is 26.8 Å². The number of halogens is 2. The molecule has 3 aromatic rings. The van der Waals surface area contributed by atoms with Gasteiger partial charge in [0.2, 0.25) is 15.9 Å². The van der Waals surface area contributed by atoms with Gasteiger partial charge < -0.3 is 10.2 Å². The number of nitrogens with zero attached hydrogens (tertiary/aromatic N) is 1. The standard InChI is InChI=1S/C27H27F2N3O4S/c28-22-11-9-19(10-12-22)18-30-26(33)25(31-37(35,36)24-7-2-1-3-8-24)20-13-15-32(16-14-20)27(34)21-5-4-6-23(29)17-21/h1-12,17,20,25,31H,13-16,18H2,(H,30,33). The van der Waals surface area contributed by atoms with Gasteiger partial charge >= 0.3 is 0 Å². The zero-order chi connectivity index (χ0) is 26.4. The maximum atomic E-state index is 13.6. The summed E-state index contributed by atoms with van der Waals surface area (Å²) in [5.74, 6) is -2.13. The number of hydrogen-bond acceptors (Lipinski definition) is 4. The minimum absolute atomic E-state index is 0.0325. The normalized spacial score (nSPS) is 15.2. The molecule has 1 aliphatic heterocycles. The van der Waals surface area contributed by atoms with Crippen LogP contribution in [0.3, 0.4) is 0 Å². The van der Waals surface area contributed by atoms with E-state index in [0.29, 0.717) is 18.4 Å². The summed E-state index contributed by atoms with van der Waals surface area (Å²) in [5.41, 5.74) is 0.895. The van der Waals surface area contributed by atoms with Crippen LogP contribution in [0.1, 0.15) is 28.8 Å². The maximum Gasteiger partial charge on any atom is 0.253 e. The Morgan fingerprint density at radius 1 is 0.892 bits per heavy atom. The summed E-state index contributed by atoms with van der Waals surface area (Å²) in [5, 5.41) is 2.75. The van der Waals surface area contributed by atoms with Crippen LogP contribution in [0.15, 0.2) is 83.8 Å². The van der Waals surface area contributed by atoms with Crippen molar-refractivity contribution in [3.63, 3.8) is 0 Å². The third kappa shape index (κ3) is 6.78.